The summed E-state index contributed by atoms with van der Waals surface area (Å²) in [6.07, 6.45) is 2.69. The summed E-state index contributed by atoms with van der Waals surface area (Å²) < 4.78 is 39.8. The largest absolute Gasteiger partial charge is 0.491 e. The lowest BCUT2D eigenvalue weighted by molar-refractivity contribution is -0.192. The van der Waals surface area contributed by atoms with Crippen LogP contribution in [0, 0.1) is 0 Å². The minimum Gasteiger partial charge on any atom is -0.491 e. The number of carbonyl (C=O) groups is 2. The van der Waals surface area contributed by atoms with Crippen molar-refractivity contribution in [1.29, 1.82) is 0 Å². The van der Waals surface area contributed by atoms with Crippen LogP contribution in [-0.4, -0.2) is 80.9 Å². The van der Waals surface area contributed by atoms with Crippen LogP contribution in [0.15, 0.2) is 60.1 Å². The highest BCUT2D eigenvalue weighted by molar-refractivity contribution is 7.13. The number of hydrogen-bond acceptors (Lipinski definition) is 8. The number of rotatable bonds is 14. The van der Waals surface area contributed by atoms with Crippen molar-refractivity contribution < 1.29 is 32.6 Å². The molecule has 15 heteroatoms. The molecule has 4 aromatic rings. The van der Waals surface area contributed by atoms with Crippen LogP contribution >= 0.6 is 11.3 Å². The summed E-state index contributed by atoms with van der Waals surface area (Å²) in [5.74, 6) is -2.04. The standard InChI is InChI=1S/C29H35N7O2S.C2HF3O2/c30-14-5-4-10-23-20-36(34-33-23)25-12-13-26(27(19-25)38-18-17-35-16-15-31-29(35)37)28-32-24(21-39-28)11-6-9-22-7-2-1-3-8-22;3-2(4,5)1(6)7/h1-3,7-8,12-13,19-21H,4-6,9-11,14-18,30H2,(H,31,37);(H,6,7). The Morgan fingerprint density at radius 1 is 1.07 bits per heavy atom. The number of unbranched alkanes of at least 4 members (excludes halogenated alkanes) is 1. The van der Waals surface area contributed by atoms with Crippen LogP contribution < -0.4 is 15.8 Å². The molecule has 1 aliphatic rings. The first kappa shape index (κ1) is 34.4. The number of amides is 2. The monoisotopic (exact) mass is 659 g/mol. The molecule has 0 radical (unpaired) electrons. The maximum atomic E-state index is 11.9. The molecule has 0 atom stereocenters. The molecule has 4 N–H and O–H groups in total. The van der Waals surface area contributed by atoms with Gasteiger partial charge in [-0.25, -0.2) is 19.3 Å². The summed E-state index contributed by atoms with van der Waals surface area (Å²) in [7, 11) is 0. The van der Waals surface area contributed by atoms with Gasteiger partial charge in [-0.15, -0.1) is 16.4 Å². The predicted octanol–water partition coefficient (Wildman–Crippen LogP) is 4.88. The smallest absolute Gasteiger partial charge is 0.490 e. The number of alkyl halides is 3. The molecule has 246 valence electrons. The first-order valence-electron chi connectivity index (χ1n) is 14.8. The number of aliphatic carboxylic acids is 1. The van der Waals surface area contributed by atoms with E-state index in [1.807, 2.05) is 30.5 Å². The highest BCUT2D eigenvalue weighted by atomic mass is 32.1. The van der Waals surface area contributed by atoms with Gasteiger partial charge in [0.1, 0.15) is 17.4 Å². The number of halogens is 3. The first-order valence-corrected chi connectivity index (χ1v) is 15.7. The quantitative estimate of drug-likeness (QED) is 0.162. The third kappa shape index (κ3) is 10.3. The lowest BCUT2D eigenvalue weighted by Gasteiger charge is -2.16. The van der Waals surface area contributed by atoms with Gasteiger partial charge in [-0.3, -0.25) is 0 Å². The number of carboxylic acid groups (broad SMARTS) is 1. The molecule has 2 aromatic carbocycles. The Morgan fingerprint density at radius 2 is 1.83 bits per heavy atom. The van der Waals surface area contributed by atoms with Crippen molar-refractivity contribution in [1.82, 2.24) is 30.2 Å². The Morgan fingerprint density at radius 3 is 2.52 bits per heavy atom. The first-order chi connectivity index (χ1) is 22.1. The maximum Gasteiger partial charge on any atom is 0.490 e. The normalized spacial score (nSPS) is 12.9. The van der Waals surface area contributed by atoms with Crippen LogP contribution in [-0.2, 0) is 24.1 Å². The van der Waals surface area contributed by atoms with E-state index in [0.717, 1.165) is 71.9 Å². The van der Waals surface area contributed by atoms with Crippen molar-refractivity contribution >= 4 is 23.3 Å². The number of aromatic nitrogens is 4. The van der Waals surface area contributed by atoms with E-state index >= 15 is 0 Å². The second-order valence-electron chi connectivity index (χ2n) is 10.4. The maximum absolute atomic E-state index is 11.9. The number of carbonyl (C=O) groups excluding carboxylic acids is 1. The summed E-state index contributed by atoms with van der Waals surface area (Å²) in [4.78, 5) is 27.5. The van der Waals surface area contributed by atoms with Gasteiger partial charge in [0.2, 0.25) is 0 Å². The Kier molecular flexibility index (Phi) is 12.5. The van der Waals surface area contributed by atoms with Crippen molar-refractivity contribution in [3.05, 3.63) is 77.1 Å². The lowest BCUT2D eigenvalue weighted by atomic mass is 10.1. The van der Waals surface area contributed by atoms with Crippen LogP contribution in [0.3, 0.4) is 0 Å². The Labute approximate surface area is 268 Å². The van der Waals surface area contributed by atoms with E-state index in [2.05, 4.69) is 45.3 Å². The number of hydrogen-bond donors (Lipinski definition) is 3. The molecule has 0 saturated carbocycles. The molecule has 2 amide bonds. The molecule has 0 spiro atoms. The second kappa shape index (κ2) is 16.7. The number of nitrogens with two attached hydrogens (primary N) is 1. The number of benzene rings is 2. The predicted molar refractivity (Wildman–Crippen MR) is 167 cm³/mol. The lowest BCUT2D eigenvalue weighted by Crippen LogP contribution is -2.31. The van der Waals surface area contributed by atoms with Crippen molar-refractivity contribution in [2.24, 2.45) is 5.73 Å². The third-order valence-electron chi connectivity index (χ3n) is 6.99. The fourth-order valence-electron chi connectivity index (χ4n) is 4.59. The van der Waals surface area contributed by atoms with E-state index in [0.29, 0.717) is 32.8 Å². The van der Waals surface area contributed by atoms with Gasteiger partial charge in [-0.05, 0) is 62.8 Å². The molecule has 0 bridgehead atoms. The fraction of sp³-hybridized carbons (Fsp3) is 0.387. The van der Waals surface area contributed by atoms with Gasteiger partial charge in [-0.2, -0.15) is 13.2 Å². The molecule has 11 nitrogen and oxygen atoms in total. The third-order valence-corrected chi connectivity index (χ3v) is 7.91. The van der Waals surface area contributed by atoms with E-state index in [-0.39, 0.29) is 6.03 Å². The minimum atomic E-state index is -5.08. The average molecular weight is 660 g/mol. The summed E-state index contributed by atoms with van der Waals surface area (Å²) in [6.45, 7) is 2.96. The Hall–Kier alpha value is -4.50. The highest BCUT2D eigenvalue weighted by Gasteiger charge is 2.38. The van der Waals surface area contributed by atoms with Gasteiger partial charge in [0, 0.05) is 24.5 Å². The zero-order valence-corrected chi connectivity index (χ0v) is 25.9. The van der Waals surface area contributed by atoms with Gasteiger partial charge in [0.05, 0.1) is 35.4 Å². The molecular formula is C31H36F3N7O4S. The van der Waals surface area contributed by atoms with Crippen LogP contribution in [0.4, 0.5) is 18.0 Å². The highest BCUT2D eigenvalue weighted by Crippen LogP contribution is 2.34. The van der Waals surface area contributed by atoms with Gasteiger partial charge >= 0.3 is 18.2 Å². The molecule has 0 unspecified atom stereocenters. The number of nitrogens with zero attached hydrogens (tertiary/aromatic N) is 5. The van der Waals surface area contributed by atoms with E-state index in [9.17, 15) is 18.0 Å². The van der Waals surface area contributed by atoms with E-state index in [4.69, 9.17) is 25.4 Å². The topological polar surface area (TPSA) is 148 Å². The number of aryl methyl sites for hydroxylation is 3. The summed E-state index contributed by atoms with van der Waals surface area (Å²) in [6, 6.07) is 16.5. The molecule has 0 aliphatic carbocycles. The number of thiazole rings is 1. The number of ether oxygens (including phenoxy) is 1. The zero-order valence-electron chi connectivity index (χ0n) is 25.1. The van der Waals surface area contributed by atoms with E-state index in [1.165, 1.54) is 5.56 Å². The van der Waals surface area contributed by atoms with Crippen LogP contribution in [0.1, 0.15) is 36.2 Å². The Bertz CT molecular complexity index is 1560. The molecular weight excluding hydrogens is 623 g/mol. The summed E-state index contributed by atoms with van der Waals surface area (Å²) in [5.41, 5.74) is 10.8. The van der Waals surface area contributed by atoms with Crippen LogP contribution in [0.5, 0.6) is 5.75 Å². The van der Waals surface area contributed by atoms with Crippen LogP contribution in [0.2, 0.25) is 0 Å². The van der Waals surface area contributed by atoms with Crippen molar-refractivity contribution in [3.8, 4) is 22.0 Å². The average Bonchev–Trinajstić information content (AvgIpc) is 3.80. The SMILES string of the molecule is NCCCCc1cn(-c2ccc(-c3nc(CCCc4ccccc4)cs3)c(OCCN3CCNC3=O)c2)nn1.O=C(O)C(F)(F)F. The number of nitrogens with one attached hydrogen (secondary N) is 1. The number of urea groups is 1. The molecule has 1 fully saturated rings. The van der Waals surface area contributed by atoms with Crippen molar-refractivity contribution in [2.45, 2.75) is 44.7 Å². The van der Waals surface area contributed by atoms with Crippen molar-refractivity contribution in [3.63, 3.8) is 0 Å². The number of carboxylic acids is 1. The van der Waals surface area contributed by atoms with E-state index < -0.39 is 12.1 Å². The molecule has 1 saturated heterocycles. The molecule has 3 heterocycles. The fourth-order valence-corrected chi connectivity index (χ4v) is 5.48. The molecule has 1 aliphatic heterocycles. The van der Waals surface area contributed by atoms with Gasteiger partial charge in [0.25, 0.3) is 0 Å². The zero-order chi connectivity index (χ0) is 32.9. The van der Waals surface area contributed by atoms with Gasteiger partial charge < -0.3 is 25.8 Å². The van der Waals surface area contributed by atoms with Crippen molar-refractivity contribution in [2.75, 3.05) is 32.8 Å². The summed E-state index contributed by atoms with van der Waals surface area (Å²) in [5, 5.41) is 21.7. The second-order valence-corrected chi connectivity index (χ2v) is 11.3. The molecule has 5 rings (SSSR count). The molecule has 2 aromatic heterocycles. The van der Waals surface area contributed by atoms with Gasteiger partial charge in [-0.1, -0.05) is 35.5 Å². The molecule has 46 heavy (non-hydrogen) atoms. The van der Waals surface area contributed by atoms with Gasteiger partial charge in [0.15, 0.2) is 0 Å². The summed E-state index contributed by atoms with van der Waals surface area (Å²) >= 11 is 1.63. The Balaban J connectivity index is 0.000000617. The van der Waals surface area contributed by atoms with Crippen LogP contribution in [0.25, 0.3) is 16.3 Å². The van der Waals surface area contributed by atoms with E-state index in [1.54, 1.807) is 20.9 Å². The minimum absolute atomic E-state index is 0.0441.